The second kappa shape index (κ2) is 9.77. The van der Waals surface area contributed by atoms with Crippen LogP contribution in [0.15, 0.2) is 53.0 Å². The van der Waals surface area contributed by atoms with Crippen LogP contribution in [-0.2, 0) is 9.59 Å². The molecular formula is C20H21BrN2O3. The SMILES string of the molecule is CCCC(=O)Nc1ccc(NC(=O)C=Cc2cc(Br)ccc2OC)cc1. The maximum atomic E-state index is 12.1. The van der Waals surface area contributed by atoms with Gasteiger partial charge in [-0.15, -0.1) is 0 Å². The van der Waals surface area contributed by atoms with Gasteiger partial charge in [-0.25, -0.2) is 0 Å². The Morgan fingerprint density at radius 2 is 1.73 bits per heavy atom. The van der Waals surface area contributed by atoms with Crippen molar-refractivity contribution < 1.29 is 14.3 Å². The van der Waals surface area contributed by atoms with E-state index in [0.29, 0.717) is 23.5 Å². The van der Waals surface area contributed by atoms with Crippen LogP contribution in [0.4, 0.5) is 11.4 Å². The fraction of sp³-hybridized carbons (Fsp3) is 0.200. The first-order valence-electron chi connectivity index (χ1n) is 8.24. The summed E-state index contributed by atoms with van der Waals surface area (Å²) in [5, 5.41) is 5.58. The van der Waals surface area contributed by atoms with Crippen molar-refractivity contribution >= 4 is 45.2 Å². The van der Waals surface area contributed by atoms with Crippen molar-refractivity contribution in [3.05, 3.63) is 58.6 Å². The fourth-order valence-corrected chi connectivity index (χ4v) is 2.65. The number of anilines is 2. The molecule has 2 aromatic rings. The molecule has 0 unspecified atom stereocenters. The van der Waals surface area contributed by atoms with Crippen molar-refractivity contribution in [3.63, 3.8) is 0 Å². The zero-order valence-electron chi connectivity index (χ0n) is 14.7. The van der Waals surface area contributed by atoms with Crippen molar-refractivity contribution in [2.75, 3.05) is 17.7 Å². The molecule has 0 saturated carbocycles. The quantitative estimate of drug-likeness (QED) is 0.633. The van der Waals surface area contributed by atoms with Crippen LogP contribution in [0.2, 0.25) is 0 Å². The van der Waals surface area contributed by atoms with Gasteiger partial charge in [0.1, 0.15) is 5.75 Å². The number of methoxy groups -OCH3 is 1. The number of hydrogen-bond acceptors (Lipinski definition) is 3. The van der Waals surface area contributed by atoms with Crippen LogP contribution in [0, 0.1) is 0 Å². The van der Waals surface area contributed by atoms with Crippen LogP contribution in [-0.4, -0.2) is 18.9 Å². The molecule has 0 atom stereocenters. The molecule has 26 heavy (non-hydrogen) atoms. The molecule has 0 aromatic heterocycles. The number of benzene rings is 2. The Morgan fingerprint density at radius 1 is 1.08 bits per heavy atom. The Kier molecular flexibility index (Phi) is 7.41. The molecule has 2 amide bonds. The van der Waals surface area contributed by atoms with E-state index in [4.69, 9.17) is 4.74 Å². The number of carbonyl (C=O) groups is 2. The molecule has 2 aromatic carbocycles. The topological polar surface area (TPSA) is 67.4 Å². The van der Waals surface area contributed by atoms with Gasteiger partial charge in [0.05, 0.1) is 7.11 Å². The van der Waals surface area contributed by atoms with Gasteiger partial charge in [-0.05, 0) is 55.0 Å². The summed E-state index contributed by atoms with van der Waals surface area (Å²) < 4.78 is 6.18. The van der Waals surface area contributed by atoms with E-state index >= 15 is 0 Å². The van der Waals surface area contributed by atoms with Crippen molar-refractivity contribution in [2.24, 2.45) is 0 Å². The van der Waals surface area contributed by atoms with Crippen LogP contribution in [0.25, 0.3) is 6.08 Å². The predicted molar refractivity (Wildman–Crippen MR) is 108 cm³/mol. The van der Waals surface area contributed by atoms with Crippen molar-refractivity contribution in [2.45, 2.75) is 19.8 Å². The summed E-state index contributed by atoms with van der Waals surface area (Å²) in [7, 11) is 1.58. The normalized spacial score (nSPS) is 10.6. The average molecular weight is 417 g/mol. The van der Waals surface area contributed by atoms with Gasteiger partial charge in [0.25, 0.3) is 0 Å². The Bertz CT molecular complexity index is 801. The van der Waals surface area contributed by atoms with Gasteiger partial charge in [-0.1, -0.05) is 22.9 Å². The first-order valence-corrected chi connectivity index (χ1v) is 9.03. The minimum atomic E-state index is -0.255. The third-order valence-corrected chi connectivity index (χ3v) is 4.01. The monoisotopic (exact) mass is 416 g/mol. The Balaban J connectivity index is 1.97. The number of halogens is 1. The minimum absolute atomic E-state index is 0.0183. The fourth-order valence-electron chi connectivity index (χ4n) is 2.27. The summed E-state index contributed by atoms with van der Waals surface area (Å²) in [6, 6.07) is 12.6. The van der Waals surface area contributed by atoms with Crippen molar-refractivity contribution in [3.8, 4) is 5.75 Å². The summed E-state index contributed by atoms with van der Waals surface area (Å²) in [6.07, 6.45) is 4.43. The van der Waals surface area contributed by atoms with Crippen LogP contribution in [0.3, 0.4) is 0 Å². The Morgan fingerprint density at radius 3 is 2.35 bits per heavy atom. The molecule has 2 rings (SSSR count). The van der Waals surface area contributed by atoms with E-state index in [1.165, 1.54) is 6.08 Å². The lowest BCUT2D eigenvalue weighted by molar-refractivity contribution is -0.116. The molecular weight excluding hydrogens is 396 g/mol. The largest absolute Gasteiger partial charge is 0.496 e. The van der Waals surface area contributed by atoms with Gasteiger partial charge >= 0.3 is 0 Å². The van der Waals surface area contributed by atoms with Gasteiger partial charge in [0.15, 0.2) is 0 Å². The zero-order valence-corrected chi connectivity index (χ0v) is 16.3. The van der Waals surface area contributed by atoms with E-state index < -0.39 is 0 Å². The Labute approximate surface area is 161 Å². The maximum absolute atomic E-state index is 12.1. The van der Waals surface area contributed by atoms with E-state index in [0.717, 1.165) is 16.5 Å². The van der Waals surface area contributed by atoms with Gasteiger partial charge in [-0.3, -0.25) is 9.59 Å². The van der Waals surface area contributed by atoms with E-state index in [1.807, 2.05) is 25.1 Å². The summed E-state index contributed by atoms with van der Waals surface area (Å²) in [5.41, 5.74) is 2.15. The molecule has 0 fully saturated rings. The maximum Gasteiger partial charge on any atom is 0.248 e. The van der Waals surface area contributed by atoms with Crippen LogP contribution >= 0.6 is 15.9 Å². The average Bonchev–Trinajstić information content (AvgIpc) is 2.62. The second-order valence-electron chi connectivity index (χ2n) is 5.58. The zero-order chi connectivity index (χ0) is 18.9. The minimum Gasteiger partial charge on any atom is -0.496 e. The third kappa shape index (κ3) is 6.04. The lowest BCUT2D eigenvalue weighted by atomic mass is 10.2. The number of ether oxygens (including phenoxy) is 1. The highest BCUT2D eigenvalue weighted by atomic mass is 79.9. The summed E-state index contributed by atoms with van der Waals surface area (Å²) in [5.74, 6) is 0.411. The standard InChI is InChI=1S/C20H21BrN2O3/c1-3-4-19(24)22-16-7-9-17(10-8-16)23-20(25)12-5-14-13-15(21)6-11-18(14)26-2/h5-13H,3-4H2,1-2H3,(H,22,24)(H,23,25). The predicted octanol–water partition coefficient (Wildman–Crippen LogP) is 4.85. The smallest absolute Gasteiger partial charge is 0.248 e. The van der Waals surface area contributed by atoms with Crippen LogP contribution < -0.4 is 15.4 Å². The Hall–Kier alpha value is -2.60. The second-order valence-corrected chi connectivity index (χ2v) is 6.50. The van der Waals surface area contributed by atoms with Crippen LogP contribution in [0.5, 0.6) is 5.75 Å². The lowest BCUT2D eigenvalue weighted by Crippen LogP contribution is -2.11. The first kappa shape index (κ1) is 19.7. The molecule has 5 nitrogen and oxygen atoms in total. The highest BCUT2D eigenvalue weighted by Crippen LogP contribution is 2.24. The number of rotatable bonds is 7. The molecule has 0 aliphatic heterocycles. The summed E-state index contributed by atoms with van der Waals surface area (Å²) >= 11 is 3.40. The molecule has 0 bridgehead atoms. The van der Waals surface area contributed by atoms with Crippen LogP contribution in [0.1, 0.15) is 25.3 Å². The molecule has 0 saturated heterocycles. The molecule has 136 valence electrons. The van der Waals surface area contributed by atoms with Gasteiger partial charge in [-0.2, -0.15) is 0 Å². The number of hydrogen-bond donors (Lipinski definition) is 2. The van der Waals surface area contributed by atoms with Gasteiger partial charge in [0.2, 0.25) is 11.8 Å². The first-order chi connectivity index (χ1) is 12.5. The molecule has 6 heteroatoms. The molecule has 0 radical (unpaired) electrons. The van der Waals surface area contributed by atoms with E-state index in [1.54, 1.807) is 37.5 Å². The third-order valence-electron chi connectivity index (χ3n) is 3.52. The number of carbonyl (C=O) groups excluding carboxylic acids is 2. The number of amides is 2. The highest BCUT2D eigenvalue weighted by molar-refractivity contribution is 9.10. The lowest BCUT2D eigenvalue weighted by Gasteiger charge is -2.07. The highest BCUT2D eigenvalue weighted by Gasteiger charge is 2.04. The van der Waals surface area contributed by atoms with E-state index in [9.17, 15) is 9.59 Å². The van der Waals surface area contributed by atoms with Crippen molar-refractivity contribution in [1.29, 1.82) is 0 Å². The molecule has 0 spiro atoms. The molecule has 0 aliphatic rings. The molecule has 0 heterocycles. The summed E-state index contributed by atoms with van der Waals surface area (Å²) in [6.45, 7) is 1.95. The molecule has 2 N–H and O–H groups in total. The van der Waals surface area contributed by atoms with Gasteiger partial charge in [0, 0.05) is 33.9 Å². The number of nitrogens with one attached hydrogen (secondary N) is 2. The molecule has 0 aliphatic carbocycles. The van der Waals surface area contributed by atoms with Gasteiger partial charge < -0.3 is 15.4 Å². The van der Waals surface area contributed by atoms with Crippen molar-refractivity contribution in [1.82, 2.24) is 0 Å². The van der Waals surface area contributed by atoms with E-state index in [-0.39, 0.29) is 11.8 Å². The van der Waals surface area contributed by atoms with E-state index in [2.05, 4.69) is 26.6 Å². The summed E-state index contributed by atoms with van der Waals surface area (Å²) in [4.78, 5) is 23.7.